The summed E-state index contributed by atoms with van der Waals surface area (Å²) < 4.78 is 0. The molecule has 4 atom stereocenters. The van der Waals surface area contributed by atoms with Gasteiger partial charge in [-0.2, -0.15) is 0 Å². The van der Waals surface area contributed by atoms with Crippen molar-refractivity contribution in [3.05, 3.63) is 12.2 Å². The molecule has 6 heteroatoms. The average molecular weight is 1050 g/mol. The quantitative estimate of drug-likeness (QED) is 0.0308. The molecule has 0 aromatic carbocycles. The molecule has 1 amide bonds. The number of amides is 1. The van der Waals surface area contributed by atoms with E-state index < -0.39 is 36.9 Å². The zero-order valence-corrected chi connectivity index (χ0v) is 50.4. The van der Waals surface area contributed by atoms with Gasteiger partial charge < -0.3 is 25.7 Å². The van der Waals surface area contributed by atoms with Gasteiger partial charge in [0.1, 0.15) is 12.2 Å². The largest absolute Gasteiger partial charge is 0.394 e. The molecule has 0 aliphatic rings. The Kier molecular flexibility index (Phi) is 62.1. The lowest BCUT2D eigenvalue weighted by Gasteiger charge is -2.27. The van der Waals surface area contributed by atoms with Crippen LogP contribution in [0, 0.1) is 0 Å². The molecule has 0 aromatic rings. The highest BCUT2D eigenvalue weighted by Crippen LogP contribution is 2.20. The first-order valence-corrected chi connectivity index (χ1v) is 34.1. The van der Waals surface area contributed by atoms with E-state index in [9.17, 15) is 25.2 Å². The highest BCUT2D eigenvalue weighted by molar-refractivity contribution is 5.80. The van der Waals surface area contributed by atoms with E-state index in [-0.39, 0.29) is 0 Å². The Morgan fingerprint density at radius 2 is 0.554 bits per heavy atom. The lowest BCUT2D eigenvalue weighted by Crippen LogP contribution is -2.53. The first-order valence-electron chi connectivity index (χ1n) is 34.1. The zero-order valence-electron chi connectivity index (χ0n) is 50.4. The number of carbonyl (C=O) groups excluding carboxylic acids is 1. The molecule has 0 rings (SSSR count). The van der Waals surface area contributed by atoms with Crippen LogP contribution in [0.4, 0.5) is 0 Å². The molecule has 74 heavy (non-hydrogen) atoms. The molecule has 0 aliphatic heterocycles. The number of rotatable bonds is 64. The van der Waals surface area contributed by atoms with Crippen LogP contribution in [0.15, 0.2) is 12.2 Å². The van der Waals surface area contributed by atoms with Gasteiger partial charge >= 0.3 is 0 Å². The molecular formula is C68H135NO5. The summed E-state index contributed by atoms with van der Waals surface area (Å²) in [6, 6.07) is -1.00. The number of aliphatic hydroxyl groups is 4. The summed E-state index contributed by atoms with van der Waals surface area (Å²) in [5, 5.41) is 44.2. The Labute approximate surface area is 463 Å². The second kappa shape index (κ2) is 62.9. The maximum absolute atomic E-state index is 12.6. The average Bonchev–Trinajstić information content (AvgIpc) is 3.41. The predicted octanol–water partition coefficient (Wildman–Crippen LogP) is 20.8. The molecule has 0 fully saturated rings. The van der Waals surface area contributed by atoms with Gasteiger partial charge in [0.05, 0.1) is 18.8 Å². The zero-order chi connectivity index (χ0) is 53.7. The third-order valence-corrected chi connectivity index (χ3v) is 16.5. The van der Waals surface area contributed by atoms with E-state index in [2.05, 4.69) is 31.3 Å². The Bertz CT molecular complexity index is 1080. The highest BCUT2D eigenvalue weighted by atomic mass is 16.3. The standard InChI is InChI=1S/C68H135NO5/c1-3-5-7-9-11-13-15-17-19-21-23-25-27-29-31-33-34-36-38-40-42-44-46-48-50-52-54-56-58-60-62-66(72)68(74)69-64(63-70)67(73)65(71)61-59-57-55-53-51-49-47-45-43-41-39-37-35-32-30-28-26-24-22-20-18-16-14-12-10-8-6-4-2/h53,55,64-67,70-73H,3-52,54,56-63H2,1-2H3,(H,69,74)/b55-53+. The minimum atomic E-state index is -1.28. The van der Waals surface area contributed by atoms with Crippen LogP contribution in [0.25, 0.3) is 0 Å². The first-order chi connectivity index (χ1) is 36.5. The molecule has 0 heterocycles. The van der Waals surface area contributed by atoms with E-state index in [0.717, 1.165) is 38.5 Å². The molecule has 0 saturated carbocycles. The van der Waals surface area contributed by atoms with Gasteiger partial charge in [-0.3, -0.25) is 4.79 Å². The fourth-order valence-corrected chi connectivity index (χ4v) is 11.2. The van der Waals surface area contributed by atoms with Gasteiger partial charge in [-0.15, -0.1) is 0 Å². The first kappa shape index (κ1) is 73.0. The molecule has 442 valence electrons. The number of unbranched alkanes of at least 4 members (excludes halogenated alkanes) is 53. The monoisotopic (exact) mass is 1050 g/mol. The number of nitrogens with one attached hydrogen (secondary N) is 1. The second-order valence-corrected chi connectivity index (χ2v) is 23.9. The van der Waals surface area contributed by atoms with Crippen molar-refractivity contribution in [2.24, 2.45) is 0 Å². The van der Waals surface area contributed by atoms with Crippen molar-refractivity contribution in [2.75, 3.05) is 6.61 Å². The van der Waals surface area contributed by atoms with E-state index in [4.69, 9.17) is 0 Å². The molecule has 4 unspecified atom stereocenters. The van der Waals surface area contributed by atoms with Gasteiger partial charge in [0.25, 0.3) is 0 Å². The van der Waals surface area contributed by atoms with Crippen molar-refractivity contribution in [3.63, 3.8) is 0 Å². The molecule has 6 nitrogen and oxygen atoms in total. The Balaban J connectivity index is 3.55. The molecule has 0 bridgehead atoms. The van der Waals surface area contributed by atoms with Crippen LogP contribution in [0.2, 0.25) is 0 Å². The summed E-state index contributed by atoms with van der Waals surface area (Å²) in [4.78, 5) is 12.6. The van der Waals surface area contributed by atoms with Crippen LogP contribution in [-0.4, -0.2) is 57.3 Å². The molecule has 0 spiro atoms. The highest BCUT2D eigenvalue weighted by Gasteiger charge is 2.28. The van der Waals surface area contributed by atoms with Gasteiger partial charge in [0.2, 0.25) is 5.91 Å². The van der Waals surface area contributed by atoms with Crippen molar-refractivity contribution in [2.45, 2.75) is 411 Å². The van der Waals surface area contributed by atoms with E-state index in [1.165, 1.54) is 321 Å². The summed E-state index contributed by atoms with van der Waals surface area (Å²) in [5.41, 5.74) is 0. The Morgan fingerprint density at radius 1 is 0.324 bits per heavy atom. The molecule has 0 radical (unpaired) electrons. The molecule has 0 aromatic heterocycles. The summed E-state index contributed by atoms with van der Waals surface area (Å²) in [7, 11) is 0. The maximum Gasteiger partial charge on any atom is 0.249 e. The summed E-state index contributed by atoms with van der Waals surface area (Å²) in [6.45, 7) is 4.10. The van der Waals surface area contributed by atoms with Crippen LogP contribution in [0.3, 0.4) is 0 Å². The van der Waals surface area contributed by atoms with Crippen LogP contribution in [-0.2, 0) is 4.79 Å². The normalized spacial score (nSPS) is 13.5. The van der Waals surface area contributed by atoms with E-state index in [0.29, 0.717) is 12.8 Å². The van der Waals surface area contributed by atoms with E-state index in [1.54, 1.807) is 0 Å². The van der Waals surface area contributed by atoms with Gasteiger partial charge in [-0.25, -0.2) is 0 Å². The third-order valence-electron chi connectivity index (χ3n) is 16.5. The van der Waals surface area contributed by atoms with Crippen molar-refractivity contribution in [1.82, 2.24) is 5.32 Å². The predicted molar refractivity (Wildman–Crippen MR) is 325 cm³/mol. The minimum absolute atomic E-state index is 0.369. The summed E-state index contributed by atoms with van der Waals surface area (Å²) in [5.74, 6) is -0.584. The number of allylic oxidation sites excluding steroid dienone is 2. The van der Waals surface area contributed by atoms with Crippen molar-refractivity contribution in [3.8, 4) is 0 Å². The fourth-order valence-electron chi connectivity index (χ4n) is 11.2. The molecular weight excluding hydrogens is 911 g/mol. The van der Waals surface area contributed by atoms with Crippen LogP contribution in [0.5, 0.6) is 0 Å². The summed E-state index contributed by atoms with van der Waals surface area (Å²) >= 11 is 0. The fraction of sp³-hybridized carbons (Fsp3) is 0.956. The Morgan fingerprint density at radius 3 is 0.811 bits per heavy atom. The van der Waals surface area contributed by atoms with E-state index in [1.807, 2.05) is 0 Å². The van der Waals surface area contributed by atoms with Crippen molar-refractivity contribution in [1.29, 1.82) is 0 Å². The van der Waals surface area contributed by atoms with Crippen LogP contribution < -0.4 is 5.32 Å². The van der Waals surface area contributed by atoms with Gasteiger partial charge in [-0.1, -0.05) is 360 Å². The van der Waals surface area contributed by atoms with E-state index >= 15 is 0 Å². The van der Waals surface area contributed by atoms with Gasteiger partial charge in [0.15, 0.2) is 0 Å². The molecule has 5 N–H and O–H groups in total. The SMILES string of the molecule is CCCCCCCCCCCCCCCCCCCCCCCCC/C=C/CCCC(O)C(O)C(CO)NC(=O)C(O)CCCCCCCCCCCCCCCCCCCCCCCCCCCCCCCC. The number of hydrogen-bond donors (Lipinski definition) is 5. The molecule has 0 aliphatic carbocycles. The Hall–Kier alpha value is -0.950. The number of aliphatic hydroxyl groups excluding tert-OH is 4. The second-order valence-electron chi connectivity index (χ2n) is 23.9. The maximum atomic E-state index is 12.6. The smallest absolute Gasteiger partial charge is 0.249 e. The van der Waals surface area contributed by atoms with Crippen molar-refractivity contribution >= 4 is 5.91 Å². The topological polar surface area (TPSA) is 110 Å². The van der Waals surface area contributed by atoms with Gasteiger partial charge in [0, 0.05) is 0 Å². The van der Waals surface area contributed by atoms with Crippen molar-refractivity contribution < 1.29 is 25.2 Å². The number of hydrogen-bond acceptors (Lipinski definition) is 5. The summed E-state index contributed by atoms with van der Waals surface area (Å²) in [6.07, 6.45) is 77.7. The van der Waals surface area contributed by atoms with Crippen LogP contribution in [0.1, 0.15) is 386 Å². The minimum Gasteiger partial charge on any atom is -0.394 e. The number of carbonyl (C=O) groups is 1. The third kappa shape index (κ3) is 55.8. The lowest BCUT2D eigenvalue weighted by atomic mass is 10.00. The van der Waals surface area contributed by atoms with Crippen LogP contribution >= 0.6 is 0 Å². The van der Waals surface area contributed by atoms with Gasteiger partial charge in [-0.05, 0) is 38.5 Å². The lowest BCUT2D eigenvalue weighted by molar-refractivity contribution is -0.132. The molecule has 0 saturated heterocycles.